The summed E-state index contributed by atoms with van der Waals surface area (Å²) in [6.45, 7) is 15.7. The number of ketones is 1. The molecule has 4 heterocycles. The fourth-order valence-corrected chi connectivity index (χ4v) is 10.0. The predicted octanol–water partition coefficient (Wildman–Crippen LogP) is 5.12. The second-order valence-corrected chi connectivity index (χ2v) is 15.5. The van der Waals surface area contributed by atoms with Crippen LogP contribution in [0.3, 0.4) is 0 Å². The van der Waals surface area contributed by atoms with Gasteiger partial charge in [-0.05, 0) is 45.8 Å². The van der Waals surface area contributed by atoms with Gasteiger partial charge in [-0.25, -0.2) is 4.79 Å². The van der Waals surface area contributed by atoms with Crippen molar-refractivity contribution in [3.8, 4) is 0 Å². The molecule has 10 nitrogen and oxygen atoms in total. The summed E-state index contributed by atoms with van der Waals surface area (Å²) in [6, 6.07) is 9.27. The Balaban J connectivity index is 1.32. The van der Waals surface area contributed by atoms with Gasteiger partial charge in [0.2, 0.25) is 0 Å². The predicted molar refractivity (Wildman–Crippen MR) is 180 cm³/mol. The topological polar surface area (TPSA) is 122 Å². The Morgan fingerprint density at radius 2 is 1.78 bits per heavy atom. The van der Waals surface area contributed by atoms with Crippen LogP contribution in [0.15, 0.2) is 91.1 Å². The summed E-state index contributed by atoms with van der Waals surface area (Å²) in [5, 5.41) is 13.1. The van der Waals surface area contributed by atoms with Gasteiger partial charge < -0.3 is 38.3 Å². The number of esters is 1. The van der Waals surface area contributed by atoms with Gasteiger partial charge in [-0.1, -0.05) is 93.6 Å². The average molecular weight is 687 g/mol. The summed E-state index contributed by atoms with van der Waals surface area (Å²) in [4.78, 5) is 27.9. The molecule has 6 fully saturated rings. The molecule has 50 heavy (non-hydrogen) atoms. The Hall–Kier alpha value is -3.22. The first-order chi connectivity index (χ1) is 23.7. The van der Waals surface area contributed by atoms with Gasteiger partial charge >= 0.3 is 11.9 Å². The summed E-state index contributed by atoms with van der Waals surface area (Å²) >= 11 is 0. The number of unbranched alkanes of at least 4 members (excludes halogenated alkanes) is 1. The van der Waals surface area contributed by atoms with Gasteiger partial charge in [0.05, 0.1) is 12.0 Å². The van der Waals surface area contributed by atoms with Crippen molar-refractivity contribution in [2.75, 3.05) is 6.61 Å². The third-order valence-corrected chi connectivity index (χ3v) is 12.4. The van der Waals surface area contributed by atoms with Gasteiger partial charge in [-0.15, -0.1) is 0 Å². The first-order valence-electron chi connectivity index (χ1n) is 17.6. The Bertz CT molecular complexity index is 1750. The van der Waals surface area contributed by atoms with Crippen LogP contribution in [0.1, 0.15) is 59.9 Å². The number of aliphatic hydroxyl groups is 1. The summed E-state index contributed by atoms with van der Waals surface area (Å²) in [7, 11) is 0. The van der Waals surface area contributed by atoms with Crippen molar-refractivity contribution >= 4 is 11.8 Å². The lowest BCUT2D eigenvalue weighted by atomic mass is 9.48. The average Bonchev–Trinajstić information content (AvgIpc) is 3.67. The fourth-order valence-electron chi connectivity index (χ4n) is 10.0. The van der Waals surface area contributed by atoms with E-state index < -0.39 is 87.6 Å². The number of hydrogen-bond donors (Lipinski definition) is 1. The molecule has 2 saturated carbocycles. The lowest BCUT2D eigenvalue weighted by Crippen LogP contribution is -2.79. The van der Waals surface area contributed by atoms with Gasteiger partial charge in [0, 0.05) is 23.5 Å². The maximum absolute atomic E-state index is 14.2. The van der Waals surface area contributed by atoms with Crippen molar-refractivity contribution in [1.82, 2.24) is 0 Å². The molecule has 1 aromatic carbocycles. The number of carbonyl (C=O) groups excluding carboxylic acids is 2. The molecular formula is C40H46O10. The van der Waals surface area contributed by atoms with E-state index >= 15 is 0 Å². The molecule has 4 saturated heterocycles. The summed E-state index contributed by atoms with van der Waals surface area (Å²) in [6.07, 6.45) is 12.1. The Morgan fingerprint density at radius 3 is 2.50 bits per heavy atom. The van der Waals surface area contributed by atoms with E-state index in [0.29, 0.717) is 11.1 Å². The number of benzene rings is 1. The minimum atomic E-state index is -2.16. The maximum Gasteiger partial charge on any atom is 0.331 e. The van der Waals surface area contributed by atoms with Gasteiger partial charge in [0.25, 0.3) is 0 Å². The Labute approximate surface area is 292 Å². The van der Waals surface area contributed by atoms with Gasteiger partial charge in [-0.3, -0.25) is 4.79 Å². The van der Waals surface area contributed by atoms with E-state index in [1.165, 1.54) is 12.2 Å². The molecule has 7 aliphatic rings. The van der Waals surface area contributed by atoms with Crippen LogP contribution in [-0.2, 0) is 48.7 Å². The normalized spacial score (nSPS) is 47.6. The first kappa shape index (κ1) is 33.9. The summed E-state index contributed by atoms with van der Waals surface area (Å²) < 4.78 is 47.2. The number of ether oxygens (including phenoxy) is 7. The fraction of sp³-hybridized carbons (Fsp3) is 0.550. The minimum absolute atomic E-state index is 0.0732. The molecule has 1 aromatic rings. The maximum atomic E-state index is 14.2. The van der Waals surface area contributed by atoms with Crippen LogP contribution in [0.4, 0.5) is 0 Å². The van der Waals surface area contributed by atoms with Crippen LogP contribution in [0.5, 0.6) is 0 Å². The highest BCUT2D eigenvalue weighted by Crippen LogP contribution is 2.77. The van der Waals surface area contributed by atoms with Crippen molar-refractivity contribution in [1.29, 1.82) is 0 Å². The number of hydrogen-bond acceptors (Lipinski definition) is 10. The van der Waals surface area contributed by atoms with E-state index in [4.69, 9.17) is 33.2 Å². The molecule has 0 aromatic heterocycles. The summed E-state index contributed by atoms with van der Waals surface area (Å²) in [5.41, 5.74) is -6.54. The molecular weight excluding hydrogens is 640 g/mol. The molecule has 0 radical (unpaired) electrons. The molecule has 0 amide bonds. The zero-order chi connectivity index (χ0) is 35.5. The monoisotopic (exact) mass is 686 g/mol. The second kappa shape index (κ2) is 10.9. The number of rotatable bonds is 8. The Kier molecular flexibility index (Phi) is 7.39. The van der Waals surface area contributed by atoms with E-state index in [1.807, 2.05) is 63.3 Å². The van der Waals surface area contributed by atoms with E-state index in [-0.39, 0.29) is 6.61 Å². The molecule has 12 atom stereocenters. The van der Waals surface area contributed by atoms with Crippen molar-refractivity contribution in [2.45, 2.75) is 113 Å². The summed E-state index contributed by atoms with van der Waals surface area (Å²) in [5.74, 6) is -5.40. The first-order valence-corrected chi connectivity index (χ1v) is 17.6. The van der Waals surface area contributed by atoms with Crippen LogP contribution < -0.4 is 0 Å². The van der Waals surface area contributed by atoms with Gasteiger partial charge in [-0.2, -0.15) is 0 Å². The van der Waals surface area contributed by atoms with Crippen molar-refractivity contribution in [3.05, 3.63) is 96.7 Å². The molecule has 1 N–H and O–H groups in total. The number of allylic oxidation sites excluding steroid dienone is 5. The van der Waals surface area contributed by atoms with Crippen LogP contribution >= 0.6 is 0 Å². The highest BCUT2D eigenvalue weighted by Gasteiger charge is 2.93. The Morgan fingerprint density at radius 1 is 1.04 bits per heavy atom. The molecule has 4 aliphatic heterocycles. The molecule has 3 aliphatic carbocycles. The molecule has 10 heteroatoms. The highest BCUT2D eigenvalue weighted by molar-refractivity contribution is 6.02. The van der Waals surface area contributed by atoms with E-state index in [2.05, 4.69) is 19.6 Å². The van der Waals surface area contributed by atoms with Gasteiger partial charge in [0.15, 0.2) is 22.8 Å². The third kappa shape index (κ3) is 4.04. The largest absolute Gasteiger partial charge is 0.455 e. The lowest BCUT2D eigenvalue weighted by Gasteiger charge is -2.65. The third-order valence-electron chi connectivity index (χ3n) is 12.4. The number of carbonyl (C=O) groups is 2. The zero-order valence-electron chi connectivity index (χ0n) is 29.4. The quantitative estimate of drug-likeness (QED) is 0.130. The van der Waals surface area contributed by atoms with Crippen molar-refractivity contribution < 1.29 is 47.9 Å². The van der Waals surface area contributed by atoms with E-state index in [1.54, 1.807) is 32.1 Å². The number of fused-ring (bicyclic) bond motifs is 3. The molecule has 3 bridgehead atoms. The molecule has 1 spiro atoms. The van der Waals surface area contributed by atoms with Crippen LogP contribution in [0, 0.1) is 17.3 Å². The number of epoxide rings is 1. The van der Waals surface area contributed by atoms with Crippen LogP contribution in [-0.4, -0.2) is 76.1 Å². The zero-order valence-corrected chi connectivity index (χ0v) is 29.4. The standard InChI is InChI=1S/C40H46O10/c1-8-9-10-11-12-13-17-20-28(42)45-30-25(4)39-29(32-37(30,24(2)3)49-40(47-32,50-39)26-18-15-14-16-19-26)31-36(46-31)23-44-34(5,6)48-33(36)38(43)27(41)21-22-35(38,39)7/h10-22,25,29-33,43H,2,8-9,23H2,1,3-7H3/b11-10+,13-12+,20-17+/t25-,29+,30-,31+,32?,33-,35-,36+,37?,38-,39?,40?/m1/s1. The highest BCUT2D eigenvalue weighted by atomic mass is 16.9. The molecule has 4 unspecified atom stereocenters. The SMILES string of the molecule is C=C(C)C12OC3(c4ccccc4)OC1[C@@H]1[C@@H]4O[C@@]45COC(C)(C)O[C@H]5[C@]4(O)C(=O)C=C[C@@]4(C)C1(O3)[C@H](C)[C@H]2OC(=O)/C=C/C=C/C=C/CCC. The van der Waals surface area contributed by atoms with Crippen molar-refractivity contribution in [3.63, 3.8) is 0 Å². The lowest BCUT2D eigenvalue weighted by molar-refractivity contribution is -0.452. The van der Waals surface area contributed by atoms with Crippen LogP contribution in [0.2, 0.25) is 0 Å². The van der Waals surface area contributed by atoms with Crippen molar-refractivity contribution in [2.24, 2.45) is 17.3 Å². The van der Waals surface area contributed by atoms with Crippen LogP contribution in [0.25, 0.3) is 0 Å². The van der Waals surface area contributed by atoms with E-state index in [9.17, 15) is 14.7 Å². The molecule has 266 valence electrons. The van der Waals surface area contributed by atoms with Gasteiger partial charge in [0.1, 0.15) is 35.6 Å². The minimum Gasteiger partial charge on any atom is -0.455 e. The smallest absolute Gasteiger partial charge is 0.331 e. The van der Waals surface area contributed by atoms with E-state index in [0.717, 1.165) is 12.8 Å². The second-order valence-electron chi connectivity index (χ2n) is 15.5. The molecule has 8 rings (SSSR count).